The fraction of sp³-hybridized carbons (Fsp3) is 0.583. The Hall–Kier alpha value is -0.410. The van der Waals surface area contributed by atoms with Gasteiger partial charge in [0.05, 0.1) is 0 Å². The van der Waals surface area contributed by atoms with Crippen molar-refractivity contribution in [1.29, 1.82) is 0 Å². The van der Waals surface area contributed by atoms with Crippen molar-refractivity contribution in [3.63, 3.8) is 0 Å². The largest absolute Gasteiger partial charge is 0.328 e. The standard InChI is InChI=1S/C12H17BrN2/c13-10-4-5-12(15-8-10)7-9-2-1-3-11(14)6-9/h4-5,8-9,11H,1-3,6-7,14H2. The van der Waals surface area contributed by atoms with Crippen LogP contribution < -0.4 is 5.73 Å². The maximum absolute atomic E-state index is 5.97. The second kappa shape index (κ2) is 5.08. The van der Waals surface area contributed by atoms with Crippen molar-refractivity contribution in [3.8, 4) is 0 Å². The molecular formula is C12H17BrN2. The van der Waals surface area contributed by atoms with Crippen LogP contribution in [0.2, 0.25) is 0 Å². The predicted molar refractivity (Wildman–Crippen MR) is 65.6 cm³/mol. The first-order valence-electron chi connectivity index (χ1n) is 5.60. The van der Waals surface area contributed by atoms with Crippen molar-refractivity contribution >= 4 is 15.9 Å². The summed E-state index contributed by atoms with van der Waals surface area (Å²) in [6, 6.07) is 4.58. The molecule has 1 aliphatic carbocycles. The average molecular weight is 269 g/mol. The summed E-state index contributed by atoms with van der Waals surface area (Å²) in [5, 5.41) is 0. The normalized spacial score (nSPS) is 26.5. The van der Waals surface area contributed by atoms with Crippen molar-refractivity contribution < 1.29 is 0 Å². The molecule has 2 rings (SSSR count). The van der Waals surface area contributed by atoms with E-state index in [0.29, 0.717) is 6.04 Å². The summed E-state index contributed by atoms with van der Waals surface area (Å²) >= 11 is 3.40. The van der Waals surface area contributed by atoms with Crippen molar-refractivity contribution in [2.75, 3.05) is 0 Å². The highest BCUT2D eigenvalue weighted by atomic mass is 79.9. The van der Waals surface area contributed by atoms with Gasteiger partial charge in [0.1, 0.15) is 0 Å². The second-order valence-corrected chi connectivity index (χ2v) is 5.38. The Morgan fingerprint density at radius 3 is 2.93 bits per heavy atom. The molecule has 2 nitrogen and oxygen atoms in total. The molecule has 1 aromatic heterocycles. The van der Waals surface area contributed by atoms with E-state index in [0.717, 1.165) is 23.2 Å². The lowest BCUT2D eigenvalue weighted by Gasteiger charge is -2.26. The first-order chi connectivity index (χ1) is 7.24. The lowest BCUT2D eigenvalue weighted by Crippen LogP contribution is -2.28. The van der Waals surface area contributed by atoms with Gasteiger partial charge in [-0.25, -0.2) is 0 Å². The number of aromatic nitrogens is 1. The molecule has 1 aromatic rings. The van der Waals surface area contributed by atoms with Gasteiger partial charge in [-0.1, -0.05) is 6.42 Å². The SMILES string of the molecule is NC1CCCC(Cc2ccc(Br)cn2)C1. The number of halogens is 1. The molecule has 0 aromatic carbocycles. The van der Waals surface area contributed by atoms with E-state index >= 15 is 0 Å². The van der Waals surface area contributed by atoms with Crippen LogP contribution in [0.4, 0.5) is 0 Å². The molecule has 0 radical (unpaired) electrons. The van der Waals surface area contributed by atoms with Crippen LogP contribution in [0.25, 0.3) is 0 Å². The third-order valence-electron chi connectivity index (χ3n) is 3.11. The van der Waals surface area contributed by atoms with Gasteiger partial charge in [-0.15, -0.1) is 0 Å². The molecule has 2 atom stereocenters. The maximum atomic E-state index is 5.97. The topological polar surface area (TPSA) is 38.9 Å². The van der Waals surface area contributed by atoms with Crippen LogP contribution in [0.5, 0.6) is 0 Å². The van der Waals surface area contributed by atoms with Crippen LogP contribution in [0.15, 0.2) is 22.8 Å². The van der Waals surface area contributed by atoms with Crippen molar-refractivity contribution in [2.24, 2.45) is 11.7 Å². The summed E-state index contributed by atoms with van der Waals surface area (Å²) < 4.78 is 1.05. The number of nitrogens with two attached hydrogens (primary N) is 1. The minimum absolute atomic E-state index is 0.416. The highest BCUT2D eigenvalue weighted by Gasteiger charge is 2.19. The lowest BCUT2D eigenvalue weighted by atomic mass is 9.83. The molecule has 15 heavy (non-hydrogen) atoms. The zero-order valence-corrected chi connectivity index (χ0v) is 10.4. The zero-order valence-electron chi connectivity index (χ0n) is 8.82. The van der Waals surface area contributed by atoms with E-state index in [1.807, 2.05) is 6.20 Å². The van der Waals surface area contributed by atoms with Crippen molar-refractivity contribution in [2.45, 2.75) is 38.1 Å². The van der Waals surface area contributed by atoms with Crippen LogP contribution in [-0.2, 0) is 6.42 Å². The van der Waals surface area contributed by atoms with Gasteiger partial charge >= 0.3 is 0 Å². The van der Waals surface area contributed by atoms with Crippen LogP contribution in [0, 0.1) is 5.92 Å². The molecule has 1 fully saturated rings. The van der Waals surface area contributed by atoms with Gasteiger partial charge in [0, 0.05) is 22.4 Å². The molecule has 1 heterocycles. The molecule has 2 N–H and O–H groups in total. The van der Waals surface area contributed by atoms with Gasteiger partial charge < -0.3 is 5.73 Å². The number of rotatable bonds is 2. The minimum Gasteiger partial charge on any atom is -0.328 e. The summed E-state index contributed by atoms with van der Waals surface area (Å²) in [4.78, 5) is 4.41. The van der Waals surface area contributed by atoms with Crippen molar-refractivity contribution in [1.82, 2.24) is 4.98 Å². The van der Waals surface area contributed by atoms with Crippen LogP contribution in [0.1, 0.15) is 31.4 Å². The van der Waals surface area contributed by atoms with E-state index in [9.17, 15) is 0 Å². The molecule has 82 valence electrons. The Labute approximate surface area is 99.4 Å². The van der Waals surface area contributed by atoms with E-state index < -0.39 is 0 Å². The maximum Gasteiger partial charge on any atom is 0.0413 e. The Morgan fingerprint density at radius 2 is 2.27 bits per heavy atom. The molecule has 3 heteroatoms. The Balaban J connectivity index is 1.93. The molecule has 0 spiro atoms. The quantitative estimate of drug-likeness (QED) is 0.896. The molecule has 0 amide bonds. The number of pyridine rings is 1. The molecule has 2 unspecified atom stereocenters. The summed E-state index contributed by atoms with van der Waals surface area (Å²) in [5.41, 5.74) is 7.17. The van der Waals surface area contributed by atoms with Gasteiger partial charge in [0.25, 0.3) is 0 Å². The summed E-state index contributed by atoms with van der Waals surface area (Å²) in [6.45, 7) is 0. The van der Waals surface area contributed by atoms with Crippen LogP contribution in [0.3, 0.4) is 0 Å². The number of nitrogens with zero attached hydrogens (tertiary/aromatic N) is 1. The number of hydrogen-bond acceptors (Lipinski definition) is 2. The zero-order chi connectivity index (χ0) is 10.7. The van der Waals surface area contributed by atoms with Gasteiger partial charge in [-0.2, -0.15) is 0 Å². The van der Waals surface area contributed by atoms with Crippen LogP contribution >= 0.6 is 15.9 Å². The highest BCUT2D eigenvalue weighted by molar-refractivity contribution is 9.10. The lowest BCUT2D eigenvalue weighted by molar-refractivity contribution is 0.319. The molecule has 0 saturated heterocycles. The molecular weight excluding hydrogens is 252 g/mol. The molecule has 1 aliphatic rings. The molecule has 0 bridgehead atoms. The second-order valence-electron chi connectivity index (χ2n) is 4.46. The van der Waals surface area contributed by atoms with E-state index in [1.165, 1.54) is 25.0 Å². The summed E-state index contributed by atoms with van der Waals surface area (Å²) in [7, 11) is 0. The third-order valence-corrected chi connectivity index (χ3v) is 3.58. The summed E-state index contributed by atoms with van der Waals surface area (Å²) in [6.07, 6.45) is 7.91. The van der Waals surface area contributed by atoms with Gasteiger partial charge in [0.15, 0.2) is 0 Å². The Kier molecular flexibility index (Phi) is 3.76. The molecule has 0 aliphatic heterocycles. The Bertz CT molecular complexity index is 310. The van der Waals surface area contributed by atoms with Gasteiger partial charge in [-0.3, -0.25) is 4.98 Å². The Morgan fingerprint density at radius 1 is 1.40 bits per heavy atom. The summed E-state index contributed by atoms with van der Waals surface area (Å²) in [5.74, 6) is 0.738. The first kappa shape index (κ1) is 11.1. The first-order valence-corrected chi connectivity index (χ1v) is 6.39. The van der Waals surface area contributed by atoms with Crippen molar-refractivity contribution in [3.05, 3.63) is 28.5 Å². The third kappa shape index (κ3) is 3.28. The molecule has 1 saturated carbocycles. The number of hydrogen-bond donors (Lipinski definition) is 1. The van der Waals surface area contributed by atoms with E-state index in [1.54, 1.807) is 0 Å². The minimum atomic E-state index is 0.416. The smallest absolute Gasteiger partial charge is 0.0413 e. The fourth-order valence-electron chi connectivity index (χ4n) is 2.34. The fourth-order valence-corrected chi connectivity index (χ4v) is 2.58. The van der Waals surface area contributed by atoms with E-state index in [4.69, 9.17) is 5.73 Å². The average Bonchev–Trinajstić information content (AvgIpc) is 2.22. The van der Waals surface area contributed by atoms with Gasteiger partial charge in [0.2, 0.25) is 0 Å². The monoisotopic (exact) mass is 268 g/mol. The predicted octanol–water partition coefficient (Wildman–Crippen LogP) is 2.90. The van der Waals surface area contributed by atoms with E-state index in [2.05, 4.69) is 33.0 Å². The van der Waals surface area contributed by atoms with Gasteiger partial charge in [-0.05, 0) is 59.7 Å². The van der Waals surface area contributed by atoms with Crippen LogP contribution in [-0.4, -0.2) is 11.0 Å². The van der Waals surface area contributed by atoms with E-state index in [-0.39, 0.29) is 0 Å². The highest BCUT2D eigenvalue weighted by Crippen LogP contribution is 2.26.